The molecular formula is C18H22N2O3. The second kappa shape index (κ2) is 7.54. The van der Waals surface area contributed by atoms with Crippen molar-refractivity contribution in [3.8, 4) is 11.5 Å². The number of anilines is 1. The summed E-state index contributed by atoms with van der Waals surface area (Å²) in [6.07, 6.45) is 0.0874. The molecule has 2 rings (SSSR count). The SMILES string of the molecule is COc1cc(CNc2cccc(C(N)=O)c2)ccc1OC(C)C. The van der Waals surface area contributed by atoms with Crippen molar-refractivity contribution in [2.45, 2.75) is 26.5 Å². The zero-order chi connectivity index (χ0) is 16.8. The number of nitrogens with one attached hydrogen (secondary N) is 1. The zero-order valence-electron chi connectivity index (χ0n) is 13.6. The Kier molecular flexibility index (Phi) is 5.46. The van der Waals surface area contributed by atoms with Crippen molar-refractivity contribution < 1.29 is 14.3 Å². The van der Waals surface area contributed by atoms with Gasteiger partial charge in [0, 0.05) is 17.8 Å². The predicted octanol–water partition coefficient (Wildman–Crippen LogP) is 3.19. The van der Waals surface area contributed by atoms with E-state index in [0.29, 0.717) is 17.9 Å². The molecule has 0 bridgehead atoms. The fourth-order valence-corrected chi connectivity index (χ4v) is 2.16. The van der Waals surface area contributed by atoms with Crippen LogP contribution in [0.1, 0.15) is 29.8 Å². The van der Waals surface area contributed by atoms with Gasteiger partial charge in [0.05, 0.1) is 13.2 Å². The summed E-state index contributed by atoms with van der Waals surface area (Å²) >= 11 is 0. The Morgan fingerprint density at radius 3 is 2.61 bits per heavy atom. The summed E-state index contributed by atoms with van der Waals surface area (Å²) in [6.45, 7) is 4.54. The number of methoxy groups -OCH3 is 1. The molecule has 122 valence electrons. The summed E-state index contributed by atoms with van der Waals surface area (Å²) in [4.78, 5) is 11.2. The predicted molar refractivity (Wildman–Crippen MR) is 91.0 cm³/mol. The fraction of sp³-hybridized carbons (Fsp3) is 0.278. The molecule has 5 nitrogen and oxygen atoms in total. The molecule has 0 unspecified atom stereocenters. The van der Waals surface area contributed by atoms with Crippen molar-refractivity contribution in [3.05, 3.63) is 53.6 Å². The van der Waals surface area contributed by atoms with E-state index in [0.717, 1.165) is 17.0 Å². The van der Waals surface area contributed by atoms with E-state index < -0.39 is 5.91 Å². The van der Waals surface area contributed by atoms with E-state index in [1.165, 1.54) is 0 Å². The molecule has 0 heterocycles. The monoisotopic (exact) mass is 314 g/mol. The van der Waals surface area contributed by atoms with E-state index in [2.05, 4.69) is 5.32 Å². The van der Waals surface area contributed by atoms with Crippen molar-refractivity contribution >= 4 is 11.6 Å². The maximum atomic E-state index is 11.2. The average Bonchev–Trinajstić information content (AvgIpc) is 2.53. The molecule has 0 radical (unpaired) electrons. The number of benzene rings is 2. The first-order valence-electron chi connectivity index (χ1n) is 7.47. The molecule has 23 heavy (non-hydrogen) atoms. The van der Waals surface area contributed by atoms with Gasteiger partial charge in [-0.3, -0.25) is 4.79 Å². The lowest BCUT2D eigenvalue weighted by Gasteiger charge is -2.15. The summed E-state index contributed by atoms with van der Waals surface area (Å²) in [5.41, 5.74) is 7.65. The lowest BCUT2D eigenvalue weighted by atomic mass is 10.1. The third kappa shape index (κ3) is 4.64. The molecule has 0 saturated heterocycles. The van der Waals surface area contributed by atoms with Gasteiger partial charge < -0.3 is 20.5 Å². The number of hydrogen-bond acceptors (Lipinski definition) is 4. The molecule has 0 spiro atoms. The number of rotatable bonds is 7. The van der Waals surface area contributed by atoms with Gasteiger partial charge in [-0.1, -0.05) is 12.1 Å². The van der Waals surface area contributed by atoms with Crippen LogP contribution >= 0.6 is 0 Å². The van der Waals surface area contributed by atoms with Crippen LogP contribution in [0, 0.1) is 0 Å². The van der Waals surface area contributed by atoms with Crippen LogP contribution in [0.15, 0.2) is 42.5 Å². The summed E-state index contributed by atoms with van der Waals surface area (Å²) in [5, 5.41) is 3.26. The van der Waals surface area contributed by atoms with Gasteiger partial charge in [-0.15, -0.1) is 0 Å². The first-order valence-corrected chi connectivity index (χ1v) is 7.47. The Labute approximate surface area is 136 Å². The minimum atomic E-state index is -0.439. The quantitative estimate of drug-likeness (QED) is 0.823. The van der Waals surface area contributed by atoms with Crippen molar-refractivity contribution in [3.63, 3.8) is 0 Å². The zero-order valence-corrected chi connectivity index (χ0v) is 13.6. The third-order valence-electron chi connectivity index (χ3n) is 3.23. The molecule has 3 N–H and O–H groups in total. The third-order valence-corrected chi connectivity index (χ3v) is 3.23. The van der Waals surface area contributed by atoms with Gasteiger partial charge in [-0.25, -0.2) is 0 Å². The average molecular weight is 314 g/mol. The summed E-state index contributed by atoms with van der Waals surface area (Å²) in [5.74, 6) is 0.983. The second-order valence-electron chi connectivity index (χ2n) is 5.45. The molecule has 0 atom stereocenters. The Morgan fingerprint density at radius 1 is 1.17 bits per heavy atom. The van der Waals surface area contributed by atoms with Gasteiger partial charge >= 0.3 is 0 Å². The Hall–Kier alpha value is -2.69. The Balaban J connectivity index is 2.08. The van der Waals surface area contributed by atoms with Gasteiger partial charge in [0.2, 0.25) is 5.91 Å². The number of carbonyl (C=O) groups is 1. The summed E-state index contributed by atoms with van der Waals surface area (Å²) in [6, 6.07) is 12.9. The summed E-state index contributed by atoms with van der Waals surface area (Å²) in [7, 11) is 1.62. The molecule has 0 fully saturated rings. The van der Waals surface area contributed by atoms with E-state index in [-0.39, 0.29) is 6.10 Å². The first kappa shape index (κ1) is 16.7. The Bertz CT molecular complexity index is 684. The largest absolute Gasteiger partial charge is 0.493 e. The molecule has 1 amide bonds. The van der Waals surface area contributed by atoms with Crippen molar-refractivity contribution in [1.29, 1.82) is 0 Å². The van der Waals surface area contributed by atoms with E-state index >= 15 is 0 Å². The second-order valence-corrected chi connectivity index (χ2v) is 5.45. The smallest absolute Gasteiger partial charge is 0.248 e. The highest BCUT2D eigenvalue weighted by atomic mass is 16.5. The molecule has 2 aromatic carbocycles. The van der Waals surface area contributed by atoms with Gasteiger partial charge in [0.1, 0.15) is 0 Å². The standard InChI is InChI=1S/C18H22N2O3/c1-12(2)23-16-8-7-13(9-17(16)22-3)11-20-15-6-4-5-14(10-15)18(19)21/h4-10,12,20H,11H2,1-3H3,(H2,19,21). The van der Waals surface area contributed by atoms with Crippen molar-refractivity contribution in [2.24, 2.45) is 5.73 Å². The van der Waals surface area contributed by atoms with E-state index in [9.17, 15) is 4.79 Å². The maximum absolute atomic E-state index is 11.2. The van der Waals surface area contributed by atoms with Gasteiger partial charge in [-0.2, -0.15) is 0 Å². The van der Waals surface area contributed by atoms with E-state index in [1.807, 2.05) is 38.1 Å². The van der Waals surface area contributed by atoms with Crippen LogP contribution in [0.5, 0.6) is 11.5 Å². The summed E-state index contributed by atoms with van der Waals surface area (Å²) < 4.78 is 11.1. The topological polar surface area (TPSA) is 73.6 Å². The number of nitrogens with two attached hydrogens (primary N) is 1. The molecule has 0 aliphatic carbocycles. The minimum Gasteiger partial charge on any atom is -0.493 e. The van der Waals surface area contributed by atoms with E-state index in [1.54, 1.807) is 25.3 Å². The van der Waals surface area contributed by atoms with Crippen LogP contribution in [0.4, 0.5) is 5.69 Å². The molecule has 0 aromatic heterocycles. The van der Waals surface area contributed by atoms with E-state index in [4.69, 9.17) is 15.2 Å². The highest BCUT2D eigenvalue weighted by molar-refractivity contribution is 5.93. The molecule has 0 saturated carbocycles. The van der Waals surface area contributed by atoms with Gasteiger partial charge in [-0.05, 0) is 49.7 Å². The lowest BCUT2D eigenvalue weighted by Crippen LogP contribution is -2.11. The fourth-order valence-electron chi connectivity index (χ4n) is 2.16. The van der Waals surface area contributed by atoms with Crippen LogP contribution in [0.3, 0.4) is 0 Å². The lowest BCUT2D eigenvalue weighted by molar-refractivity contribution is 0.100. The number of amides is 1. The van der Waals surface area contributed by atoms with Crippen LogP contribution < -0.4 is 20.5 Å². The first-order chi connectivity index (χ1) is 11.0. The number of ether oxygens (including phenoxy) is 2. The number of carbonyl (C=O) groups excluding carboxylic acids is 1. The van der Waals surface area contributed by atoms with Crippen LogP contribution in [-0.4, -0.2) is 19.1 Å². The van der Waals surface area contributed by atoms with Gasteiger partial charge in [0.25, 0.3) is 0 Å². The van der Waals surface area contributed by atoms with Crippen LogP contribution in [0.2, 0.25) is 0 Å². The normalized spacial score (nSPS) is 10.4. The van der Waals surface area contributed by atoms with Gasteiger partial charge in [0.15, 0.2) is 11.5 Å². The highest BCUT2D eigenvalue weighted by Crippen LogP contribution is 2.29. The highest BCUT2D eigenvalue weighted by Gasteiger charge is 2.08. The number of primary amides is 1. The maximum Gasteiger partial charge on any atom is 0.248 e. The van der Waals surface area contributed by atoms with Crippen LogP contribution in [0.25, 0.3) is 0 Å². The number of hydrogen-bond donors (Lipinski definition) is 2. The molecule has 5 heteroatoms. The Morgan fingerprint density at radius 2 is 1.96 bits per heavy atom. The van der Waals surface area contributed by atoms with Crippen molar-refractivity contribution in [2.75, 3.05) is 12.4 Å². The van der Waals surface area contributed by atoms with Crippen LogP contribution in [-0.2, 0) is 6.54 Å². The van der Waals surface area contributed by atoms with Crippen molar-refractivity contribution in [1.82, 2.24) is 0 Å². The molecular weight excluding hydrogens is 292 g/mol. The molecule has 2 aromatic rings. The molecule has 0 aliphatic rings. The molecule has 0 aliphatic heterocycles. The minimum absolute atomic E-state index is 0.0874.